The number of hydrogen-bond acceptors (Lipinski definition) is 2. The molecule has 0 N–H and O–H groups in total. The van der Waals surface area contributed by atoms with Crippen LogP contribution < -0.4 is 4.90 Å². The fraction of sp³-hybridized carbons (Fsp3) is 0.385. The van der Waals surface area contributed by atoms with Crippen LogP contribution >= 0.6 is 0 Å². The molecule has 0 aliphatic rings. The van der Waals surface area contributed by atoms with Crippen LogP contribution in [-0.4, -0.2) is 18.2 Å². The molecule has 0 aromatic heterocycles. The molecule has 0 radical (unpaired) electrons. The normalized spacial score (nSPS) is 9.94. The van der Waals surface area contributed by atoms with E-state index in [0.717, 1.165) is 12.1 Å². The van der Waals surface area contributed by atoms with Gasteiger partial charge < -0.3 is 4.90 Å². The van der Waals surface area contributed by atoms with E-state index in [1.165, 1.54) is 6.92 Å². The summed E-state index contributed by atoms with van der Waals surface area (Å²) in [6.45, 7) is 5.81. The molecule has 0 aliphatic heterocycles. The van der Waals surface area contributed by atoms with Crippen molar-refractivity contribution in [2.45, 2.75) is 27.2 Å². The second kappa shape index (κ2) is 5.45. The quantitative estimate of drug-likeness (QED) is 0.730. The molecule has 1 aromatic carbocycles. The Balaban J connectivity index is 2.94. The zero-order chi connectivity index (χ0) is 12.1. The van der Waals surface area contributed by atoms with Gasteiger partial charge in [-0.3, -0.25) is 9.59 Å². The first kappa shape index (κ1) is 12.4. The Labute approximate surface area is 96.1 Å². The molecule has 0 saturated heterocycles. The van der Waals surface area contributed by atoms with Crippen LogP contribution in [0.2, 0.25) is 0 Å². The number of rotatable bonds is 4. The Kier molecular flexibility index (Phi) is 4.23. The van der Waals surface area contributed by atoms with Crippen molar-refractivity contribution in [3.8, 4) is 0 Å². The van der Waals surface area contributed by atoms with Gasteiger partial charge in [-0.1, -0.05) is 6.92 Å². The van der Waals surface area contributed by atoms with E-state index in [2.05, 4.69) is 0 Å². The average Bonchev–Trinajstić information content (AvgIpc) is 2.25. The molecule has 0 fully saturated rings. The lowest BCUT2D eigenvalue weighted by atomic mass is 10.1. The Morgan fingerprint density at radius 1 is 1.12 bits per heavy atom. The largest absolute Gasteiger partial charge is 0.313 e. The first-order chi connectivity index (χ1) is 7.56. The smallest absolute Gasteiger partial charge is 0.223 e. The minimum atomic E-state index is 0.0254. The Morgan fingerprint density at radius 3 is 2.06 bits per heavy atom. The highest BCUT2D eigenvalue weighted by Gasteiger charge is 2.10. The molecule has 3 nitrogen and oxygen atoms in total. The second-order valence-corrected chi connectivity index (χ2v) is 3.77. The van der Waals surface area contributed by atoms with E-state index < -0.39 is 0 Å². The minimum Gasteiger partial charge on any atom is -0.313 e. The van der Waals surface area contributed by atoms with Crippen molar-refractivity contribution < 1.29 is 9.59 Å². The van der Waals surface area contributed by atoms with Crippen molar-refractivity contribution in [1.29, 1.82) is 0 Å². The number of ketones is 1. The highest BCUT2D eigenvalue weighted by atomic mass is 16.2. The van der Waals surface area contributed by atoms with Gasteiger partial charge in [0.15, 0.2) is 5.78 Å². The Hall–Kier alpha value is -1.64. The van der Waals surface area contributed by atoms with Crippen molar-refractivity contribution in [3.05, 3.63) is 29.8 Å². The molecule has 0 aliphatic carbocycles. The summed E-state index contributed by atoms with van der Waals surface area (Å²) in [7, 11) is 0. The van der Waals surface area contributed by atoms with Crippen molar-refractivity contribution >= 4 is 17.4 Å². The number of benzene rings is 1. The van der Waals surface area contributed by atoms with Gasteiger partial charge in [-0.15, -0.1) is 0 Å². The van der Waals surface area contributed by atoms with E-state index in [1.807, 2.05) is 19.1 Å². The molecule has 0 unspecified atom stereocenters. The predicted octanol–water partition coefficient (Wildman–Crippen LogP) is 2.65. The summed E-state index contributed by atoms with van der Waals surface area (Å²) in [6, 6.07) is 7.13. The number of amides is 1. The van der Waals surface area contributed by atoms with Gasteiger partial charge in [0.05, 0.1) is 0 Å². The molecule has 3 heteroatoms. The minimum absolute atomic E-state index is 0.0254. The third kappa shape index (κ3) is 2.92. The lowest BCUT2D eigenvalue weighted by Crippen LogP contribution is -2.29. The van der Waals surface area contributed by atoms with E-state index in [0.29, 0.717) is 12.1 Å². The third-order valence-corrected chi connectivity index (χ3v) is 2.41. The standard InChI is InChI=1S/C13H17NO2/c1-4-9-14(11(3)16)13-7-5-12(6-8-13)10(2)15/h5-8H,4,9H2,1-3H3. The SMILES string of the molecule is CCCN(C(C)=O)c1ccc(C(C)=O)cc1. The molecular weight excluding hydrogens is 202 g/mol. The van der Waals surface area contributed by atoms with Gasteiger partial charge in [-0.05, 0) is 37.6 Å². The lowest BCUT2D eigenvalue weighted by Gasteiger charge is -2.20. The second-order valence-electron chi connectivity index (χ2n) is 3.77. The van der Waals surface area contributed by atoms with E-state index in [-0.39, 0.29) is 11.7 Å². The number of anilines is 1. The maximum Gasteiger partial charge on any atom is 0.223 e. The van der Waals surface area contributed by atoms with Gasteiger partial charge in [0.2, 0.25) is 5.91 Å². The highest BCUT2D eigenvalue weighted by molar-refractivity contribution is 5.95. The van der Waals surface area contributed by atoms with Crippen molar-refractivity contribution in [2.24, 2.45) is 0 Å². The van der Waals surface area contributed by atoms with Gasteiger partial charge in [0.1, 0.15) is 0 Å². The average molecular weight is 219 g/mol. The first-order valence-corrected chi connectivity index (χ1v) is 5.45. The molecule has 0 saturated carbocycles. The van der Waals surface area contributed by atoms with Crippen LogP contribution in [0.5, 0.6) is 0 Å². The number of carbonyl (C=O) groups is 2. The van der Waals surface area contributed by atoms with E-state index >= 15 is 0 Å². The van der Waals surface area contributed by atoms with Gasteiger partial charge >= 0.3 is 0 Å². The van der Waals surface area contributed by atoms with Crippen LogP contribution in [0.4, 0.5) is 5.69 Å². The number of nitrogens with zero attached hydrogens (tertiary/aromatic N) is 1. The van der Waals surface area contributed by atoms with E-state index in [1.54, 1.807) is 24.0 Å². The van der Waals surface area contributed by atoms with Crippen molar-refractivity contribution in [1.82, 2.24) is 0 Å². The molecular formula is C13H17NO2. The van der Waals surface area contributed by atoms with Crippen LogP contribution in [-0.2, 0) is 4.79 Å². The van der Waals surface area contributed by atoms with Gasteiger partial charge in [0, 0.05) is 24.7 Å². The highest BCUT2D eigenvalue weighted by Crippen LogP contribution is 2.16. The molecule has 0 atom stereocenters. The van der Waals surface area contributed by atoms with Gasteiger partial charge in [-0.25, -0.2) is 0 Å². The Morgan fingerprint density at radius 2 is 1.69 bits per heavy atom. The van der Waals surface area contributed by atoms with Crippen LogP contribution in [0, 0.1) is 0 Å². The predicted molar refractivity (Wildman–Crippen MR) is 64.8 cm³/mol. The fourth-order valence-corrected chi connectivity index (χ4v) is 1.57. The fourth-order valence-electron chi connectivity index (χ4n) is 1.57. The number of carbonyl (C=O) groups excluding carboxylic acids is 2. The van der Waals surface area contributed by atoms with Crippen molar-refractivity contribution in [2.75, 3.05) is 11.4 Å². The summed E-state index contributed by atoms with van der Waals surface area (Å²) in [5.74, 6) is 0.0637. The molecule has 86 valence electrons. The molecule has 0 heterocycles. The summed E-state index contributed by atoms with van der Waals surface area (Å²) < 4.78 is 0. The maximum absolute atomic E-state index is 11.4. The van der Waals surface area contributed by atoms with Crippen LogP contribution in [0.15, 0.2) is 24.3 Å². The first-order valence-electron chi connectivity index (χ1n) is 5.45. The van der Waals surface area contributed by atoms with Crippen LogP contribution in [0.3, 0.4) is 0 Å². The van der Waals surface area contributed by atoms with Crippen molar-refractivity contribution in [3.63, 3.8) is 0 Å². The van der Waals surface area contributed by atoms with Gasteiger partial charge in [-0.2, -0.15) is 0 Å². The number of hydrogen-bond donors (Lipinski definition) is 0. The third-order valence-electron chi connectivity index (χ3n) is 2.41. The molecule has 0 spiro atoms. The molecule has 1 rings (SSSR count). The monoisotopic (exact) mass is 219 g/mol. The summed E-state index contributed by atoms with van der Waals surface area (Å²) in [4.78, 5) is 24.2. The molecule has 0 bridgehead atoms. The maximum atomic E-state index is 11.4. The van der Waals surface area contributed by atoms with E-state index in [9.17, 15) is 9.59 Å². The van der Waals surface area contributed by atoms with Gasteiger partial charge in [0.25, 0.3) is 0 Å². The zero-order valence-corrected chi connectivity index (χ0v) is 9.99. The summed E-state index contributed by atoms with van der Waals surface area (Å²) in [5.41, 5.74) is 1.52. The topological polar surface area (TPSA) is 37.4 Å². The molecule has 16 heavy (non-hydrogen) atoms. The molecule has 1 amide bonds. The van der Waals surface area contributed by atoms with Crippen LogP contribution in [0.25, 0.3) is 0 Å². The van der Waals surface area contributed by atoms with Crippen LogP contribution in [0.1, 0.15) is 37.6 Å². The lowest BCUT2D eigenvalue weighted by molar-refractivity contribution is -0.116. The molecule has 1 aromatic rings. The van der Waals surface area contributed by atoms with E-state index in [4.69, 9.17) is 0 Å². The zero-order valence-electron chi connectivity index (χ0n) is 9.99. The number of Topliss-reactive ketones (excluding diaryl/α,β-unsaturated/α-hetero) is 1. The summed E-state index contributed by atoms with van der Waals surface area (Å²) >= 11 is 0. The summed E-state index contributed by atoms with van der Waals surface area (Å²) in [6.07, 6.45) is 0.911. The summed E-state index contributed by atoms with van der Waals surface area (Å²) in [5, 5.41) is 0. The Bertz CT molecular complexity index is 381.